The van der Waals surface area contributed by atoms with Gasteiger partial charge in [0.15, 0.2) is 10.7 Å². The van der Waals surface area contributed by atoms with Crippen molar-refractivity contribution < 1.29 is 107 Å². The van der Waals surface area contributed by atoms with E-state index in [1.165, 1.54) is 28.0 Å². The summed E-state index contributed by atoms with van der Waals surface area (Å²) < 4.78 is 44.9. The molecule has 0 aliphatic carbocycles. The average Bonchev–Trinajstić information content (AvgIpc) is 1.07. The van der Waals surface area contributed by atoms with Crippen molar-refractivity contribution in [2.24, 2.45) is 11.5 Å². The number of aliphatic hydroxyl groups is 2. The molecule has 564 valence electrons. The van der Waals surface area contributed by atoms with E-state index in [9.17, 15) is 82.2 Å². The van der Waals surface area contributed by atoms with Crippen molar-refractivity contribution in [1.29, 1.82) is 0 Å². The first kappa shape index (κ1) is 86.6. The van der Waals surface area contributed by atoms with Crippen LogP contribution in [-0.2, 0) is 82.8 Å². The molecule has 4 heterocycles. The Kier molecular flexibility index (Phi) is 38.1. The monoisotopic (exact) mass is 1470 g/mol. The predicted octanol–water partition coefficient (Wildman–Crippen LogP) is -7.52. The summed E-state index contributed by atoms with van der Waals surface area (Å²) in [5, 5.41) is 56.3. The van der Waals surface area contributed by atoms with E-state index in [1.807, 2.05) is 24.5 Å². The Hall–Kier alpha value is -7.58. The molecule has 2 fully saturated rings. The lowest BCUT2D eigenvalue weighted by Crippen LogP contribution is -2.48. The molecule has 16 N–H and O–H groups in total. The van der Waals surface area contributed by atoms with Crippen molar-refractivity contribution in [3.05, 3.63) is 77.3 Å². The predicted molar refractivity (Wildman–Crippen MR) is 354 cm³/mol. The summed E-state index contributed by atoms with van der Waals surface area (Å²) in [5.74, 6) is -3.50. The van der Waals surface area contributed by atoms with Gasteiger partial charge in [0.05, 0.1) is 50.2 Å². The molecule has 2 aliphatic rings. The highest BCUT2D eigenvalue weighted by atomic mass is 31.2. The second kappa shape index (κ2) is 43.9. The molecule has 2 aromatic carbocycles. The fraction of sp³-hybridized carbons (Fsp3) is 0.643. The molecule has 100 heavy (non-hydrogen) atoms. The van der Waals surface area contributed by atoms with Crippen LogP contribution in [0.4, 0.5) is 11.4 Å². The molecule has 2 aliphatic heterocycles. The number of imidazole rings is 2. The Labute approximate surface area is 573 Å². The fourth-order valence-corrected chi connectivity index (χ4v) is 10.3. The minimum absolute atomic E-state index is 0.0366. The number of hydrogen-bond donors (Lipinski definition) is 14. The van der Waals surface area contributed by atoms with Crippen molar-refractivity contribution in [3.8, 4) is 11.5 Å². The number of carboxylic acids is 2. The molecule has 42 nitrogen and oxygen atoms in total. The summed E-state index contributed by atoms with van der Waals surface area (Å²) in [6, 6.07) is 0. The highest BCUT2D eigenvalue weighted by molar-refractivity contribution is 7.53. The third kappa shape index (κ3) is 31.1. The van der Waals surface area contributed by atoms with Gasteiger partial charge in [0, 0.05) is 163 Å². The highest BCUT2D eigenvalue weighted by Gasteiger charge is 2.42. The zero-order valence-corrected chi connectivity index (χ0v) is 57.5. The Morgan fingerprint density at radius 2 is 0.790 bits per heavy atom. The molecule has 0 amide bonds. The number of carboxylic acid groups (broad SMARTS) is 2. The largest absolute Gasteiger partial charge is 0.501 e. The van der Waals surface area contributed by atoms with Gasteiger partial charge in [-0.3, -0.25) is 96.3 Å². The molecule has 6 rings (SSSR count). The molecule has 0 saturated carbocycles. The SMILES string of the molecule is CC(O)(Cn1cnc(CCN)c1)P(=O)(O)O.CC(O)(Cn1cnc(CCNc2c(NCCN3CCN(COC=O)CCN(COC=O)CCN(CC(=O)O)CC3)c(=O)c2=O)c1)P(=O)(O)O.NCCN1CCN(COC=O)CCN(COC=O)CCN(CC(=O)O)CC1.O=c1c(O)c(O)c1=O. The van der Waals surface area contributed by atoms with Gasteiger partial charge in [-0.2, -0.15) is 0 Å². The fourth-order valence-electron chi connectivity index (χ4n) is 9.56. The van der Waals surface area contributed by atoms with Crippen LogP contribution in [-0.4, -0.2) is 341 Å². The van der Waals surface area contributed by atoms with Gasteiger partial charge in [0.25, 0.3) is 47.6 Å². The number of nitrogens with zero attached hydrogens (tertiary/aromatic N) is 12. The number of nitrogens with one attached hydrogen (secondary N) is 2. The summed E-state index contributed by atoms with van der Waals surface area (Å²) in [6.45, 7) is 14.6. The zero-order chi connectivity index (χ0) is 74.6. The van der Waals surface area contributed by atoms with Gasteiger partial charge >= 0.3 is 27.1 Å². The van der Waals surface area contributed by atoms with Gasteiger partial charge < -0.3 is 100 Å². The van der Waals surface area contributed by atoms with E-state index in [0.717, 1.165) is 26.1 Å². The molecule has 0 spiro atoms. The minimum atomic E-state index is -4.77. The first-order valence-corrected chi connectivity index (χ1v) is 34.4. The van der Waals surface area contributed by atoms with Crippen molar-refractivity contribution in [1.82, 2.24) is 58.3 Å². The topological polar surface area (TPSA) is 582 Å². The summed E-state index contributed by atoms with van der Waals surface area (Å²) in [5.41, 5.74) is 9.22. The van der Waals surface area contributed by atoms with Crippen LogP contribution in [0, 0.1) is 0 Å². The molecule has 4 aromatic rings. The van der Waals surface area contributed by atoms with Gasteiger partial charge in [-0.05, 0) is 20.4 Å². The van der Waals surface area contributed by atoms with Crippen molar-refractivity contribution in [2.75, 3.05) is 195 Å². The first-order valence-electron chi connectivity index (χ1n) is 31.2. The van der Waals surface area contributed by atoms with Crippen LogP contribution in [0.15, 0.2) is 44.2 Å². The standard InChI is InChI=1S/C28H45N8O12P.C16H31N5O6.C8H16N3O4P.C4H2O4/c1-28(43,49(44,45)46)16-36-14-22(31-17-36)2-3-29-24-25(27(42)26(24)41)30-4-5-32-6-8-33(15-23(39)40)9-11-35(19-48-21-38)13-12-34(10-7-32)18-47-20-37;17-1-2-18-3-5-19(11-16(24)25)6-8-21(13-27-15-23)10-9-20(7-4-18)12-26-14-22;1-8(12,16(13,14)15)5-11-4-7(2-3-9)10-6-11;5-1-2(6)4(8)3(1)7/h14,17,20-21,29-30,43H,2-13,15-16,18-19H2,1H3,(H,39,40)(H2,44,45,46);14-15H,1-13,17H2,(H,24,25);4,6,12H,2-3,5,9H2,1H3,(H2,13,14,15);5-6H. The molecule has 0 bridgehead atoms. The number of rotatable bonds is 34. The maximum Gasteiger partial charge on any atom is 0.358 e. The van der Waals surface area contributed by atoms with Crippen molar-refractivity contribution in [3.63, 3.8) is 0 Å². The summed E-state index contributed by atoms with van der Waals surface area (Å²) in [6.07, 6.45) is 6.77. The van der Waals surface area contributed by atoms with Crippen LogP contribution in [0.25, 0.3) is 0 Å². The van der Waals surface area contributed by atoms with E-state index in [4.69, 9.17) is 55.5 Å². The maximum absolute atomic E-state index is 12.4. The Morgan fingerprint density at radius 1 is 0.490 bits per heavy atom. The van der Waals surface area contributed by atoms with Gasteiger partial charge in [-0.15, -0.1) is 0 Å². The molecule has 2 aromatic heterocycles. The van der Waals surface area contributed by atoms with Crippen molar-refractivity contribution >= 4 is 64.4 Å². The molecule has 2 unspecified atom stereocenters. The van der Waals surface area contributed by atoms with E-state index in [1.54, 1.807) is 11.1 Å². The van der Waals surface area contributed by atoms with Crippen LogP contribution < -0.4 is 43.8 Å². The minimum Gasteiger partial charge on any atom is -0.501 e. The van der Waals surface area contributed by atoms with E-state index in [0.29, 0.717) is 175 Å². The summed E-state index contributed by atoms with van der Waals surface area (Å²) in [4.78, 5) is 170. The summed E-state index contributed by atoms with van der Waals surface area (Å²) in [7, 11) is -9.33. The van der Waals surface area contributed by atoms with Gasteiger partial charge in [0.2, 0.25) is 11.5 Å². The van der Waals surface area contributed by atoms with Gasteiger partial charge in [-0.25, -0.2) is 9.97 Å². The summed E-state index contributed by atoms with van der Waals surface area (Å²) >= 11 is 0. The number of carbonyl (C=O) groups is 6. The molecule has 44 heteroatoms. The average molecular weight is 1470 g/mol. The molecule has 0 radical (unpaired) electrons. The van der Waals surface area contributed by atoms with Crippen LogP contribution in [0.3, 0.4) is 0 Å². The van der Waals surface area contributed by atoms with Crippen LogP contribution in [0.2, 0.25) is 0 Å². The number of carbonyl (C=O) groups excluding carboxylic acids is 4. The van der Waals surface area contributed by atoms with Crippen LogP contribution in [0.1, 0.15) is 25.2 Å². The Balaban J connectivity index is 0.000000420. The van der Waals surface area contributed by atoms with E-state index >= 15 is 0 Å². The van der Waals surface area contributed by atoms with Crippen LogP contribution in [0.5, 0.6) is 11.5 Å². The van der Waals surface area contributed by atoms with Crippen molar-refractivity contribution in [2.45, 2.75) is 50.5 Å². The zero-order valence-electron chi connectivity index (χ0n) is 55.7. The van der Waals surface area contributed by atoms with E-state index < -0.39 is 71.0 Å². The van der Waals surface area contributed by atoms with Crippen LogP contribution >= 0.6 is 15.2 Å². The maximum atomic E-state index is 12.4. The second-order valence-corrected chi connectivity index (χ2v) is 27.5. The highest BCUT2D eigenvalue weighted by Crippen LogP contribution is 2.50. The van der Waals surface area contributed by atoms with Gasteiger partial charge in [-0.1, -0.05) is 0 Å². The number of aromatic hydroxyl groups is 2. The normalized spacial score (nSPS) is 17.4. The third-order valence-corrected chi connectivity index (χ3v) is 18.3. The molecular weight excluding hydrogens is 1370 g/mol. The lowest BCUT2D eigenvalue weighted by atomic mass is 10.2. The number of ether oxygens (including phenoxy) is 4. The molecular formula is C56H94N16O26P2. The smallest absolute Gasteiger partial charge is 0.358 e. The number of aliphatic carboxylic acids is 2. The van der Waals surface area contributed by atoms with E-state index in [-0.39, 0.29) is 71.0 Å². The molecule has 2 saturated heterocycles. The third-order valence-electron chi connectivity index (χ3n) is 15.5. The lowest BCUT2D eigenvalue weighted by Gasteiger charge is -2.33. The Bertz CT molecular complexity index is 3360. The van der Waals surface area contributed by atoms with Gasteiger partial charge in [0.1, 0.15) is 38.3 Å². The molecule has 2 atom stereocenters. The van der Waals surface area contributed by atoms with E-state index in [2.05, 4.69) is 30.4 Å². The first-order chi connectivity index (χ1) is 47.2. The number of hydrogen-bond acceptors (Lipinski definition) is 34. The number of nitrogens with two attached hydrogens (primary N) is 2. The Morgan fingerprint density at radius 3 is 1.08 bits per heavy atom. The number of anilines is 2. The lowest BCUT2D eigenvalue weighted by molar-refractivity contribution is -0.139. The quantitative estimate of drug-likeness (QED) is 0.00894. The number of aromatic nitrogens is 4. The second-order valence-electron chi connectivity index (χ2n) is 23.4.